The van der Waals surface area contributed by atoms with Gasteiger partial charge in [0.25, 0.3) is 0 Å². The highest BCUT2D eigenvalue weighted by Crippen LogP contribution is 2.35. The van der Waals surface area contributed by atoms with Gasteiger partial charge in [-0.25, -0.2) is 9.97 Å². The van der Waals surface area contributed by atoms with Crippen molar-refractivity contribution < 1.29 is 22.7 Å². The van der Waals surface area contributed by atoms with Crippen LogP contribution in [0.25, 0.3) is 22.4 Å². The zero-order valence-corrected chi connectivity index (χ0v) is 18.5. The van der Waals surface area contributed by atoms with E-state index in [0.29, 0.717) is 5.69 Å². The fourth-order valence-electron chi connectivity index (χ4n) is 2.98. The Kier molecular flexibility index (Phi) is 5.98. The number of methoxy groups -OCH3 is 1. The molecule has 0 bridgehead atoms. The molecule has 10 heteroatoms. The van der Waals surface area contributed by atoms with E-state index in [-0.39, 0.29) is 10.8 Å². The molecule has 0 radical (unpaired) electrons. The number of thiazole rings is 2. The van der Waals surface area contributed by atoms with E-state index in [1.54, 1.807) is 24.6 Å². The van der Waals surface area contributed by atoms with Crippen molar-refractivity contribution in [3.05, 3.63) is 64.1 Å². The van der Waals surface area contributed by atoms with E-state index in [0.717, 1.165) is 33.1 Å². The van der Waals surface area contributed by atoms with Gasteiger partial charge >= 0.3 is 6.18 Å². The monoisotopic (exact) mass is 475 g/mol. The second kappa shape index (κ2) is 8.71. The van der Waals surface area contributed by atoms with Gasteiger partial charge in [-0.1, -0.05) is 6.07 Å². The van der Waals surface area contributed by atoms with Crippen molar-refractivity contribution in [2.24, 2.45) is 0 Å². The Balaban J connectivity index is 1.60. The third-order valence-electron chi connectivity index (χ3n) is 4.46. The second-order valence-electron chi connectivity index (χ2n) is 6.68. The number of carbonyl (C=O) groups is 1. The molecule has 0 aliphatic rings. The van der Waals surface area contributed by atoms with Crippen molar-refractivity contribution in [3.8, 4) is 5.75 Å². The van der Waals surface area contributed by atoms with E-state index < -0.39 is 17.6 Å². The van der Waals surface area contributed by atoms with Crippen LogP contribution in [0.2, 0.25) is 0 Å². The van der Waals surface area contributed by atoms with Gasteiger partial charge in [0.05, 0.1) is 34.3 Å². The first-order valence-electron chi connectivity index (χ1n) is 9.31. The Morgan fingerprint density at radius 3 is 2.66 bits per heavy atom. The molecule has 164 valence electrons. The van der Waals surface area contributed by atoms with Crippen LogP contribution in [0.3, 0.4) is 0 Å². The summed E-state index contributed by atoms with van der Waals surface area (Å²) in [5.41, 5.74) is 0.699. The van der Waals surface area contributed by atoms with Crippen molar-refractivity contribution in [1.82, 2.24) is 9.97 Å². The van der Waals surface area contributed by atoms with Crippen molar-refractivity contribution in [2.45, 2.75) is 13.1 Å². The highest BCUT2D eigenvalue weighted by Gasteiger charge is 2.31. The number of rotatable bonds is 5. The van der Waals surface area contributed by atoms with Crippen LogP contribution < -0.4 is 9.64 Å². The summed E-state index contributed by atoms with van der Waals surface area (Å²) in [6.07, 6.45) is -0.950. The molecule has 2 heterocycles. The fraction of sp³-hybridized carbons (Fsp3) is 0.136. The summed E-state index contributed by atoms with van der Waals surface area (Å²) in [5.74, 6) is 0.314. The smallest absolute Gasteiger partial charge is 0.416 e. The Hall–Kier alpha value is -3.24. The third kappa shape index (κ3) is 4.66. The minimum absolute atomic E-state index is 0.109. The molecule has 4 aromatic rings. The maximum atomic E-state index is 13.1. The molecule has 0 atom stereocenters. The molecule has 0 saturated heterocycles. The third-order valence-corrected chi connectivity index (χ3v) is 6.28. The standard InChI is InChI=1S/C22H16F3N3O2S2/c1-13(29)28(16-5-3-4-14(10-16)22(23,24)25)21-26-15(12-31-21)6-9-20-27-18-8-7-17(30-2)11-19(18)32-20/h3-12H,1-2H3/b9-6+. The average Bonchev–Trinajstić information content (AvgIpc) is 3.37. The minimum Gasteiger partial charge on any atom is -0.497 e. The number of ether oxygens (including phenoxy) is 1. The number of amides is 1. The van der Waals surface area contributed by atoms with Gasteiger partial charge in [-0.2, -0.15) is 13.2 Å². The molecular formula is C22H16F3N3O2S2. The zero-order valence-electron chi connectivity index (χ0n) is 16.9. The van der Waals surface area contributed by atoms with E-state index >= 15 is 0 Å². The molecule has 0 aliphatic heterocycles. The maximum Gasteiger partial charge on any atom is 0.416 e. The van der Waals surface area contributed by atoms with Crippen LogP contribution in [0.5, 0.6) is 5.75 Å². The number of hydrogen-bond donors (Lipinski definition) is 0. The average molecular weight is 476 g/mol. The number of aromatic nitrogens is 2. The van der Waals surface area contributed by atoms with Gasteiger partial charge in [0.1, 0.15) is 10.8 Å². The fourth-order valence-corrected chi connectivity index (χ4v) is 4.74. The summed E-state index contributed by atoms with van der Waals surface area (Å²) >= 11 is 2.66. The first kappa shape index (κ1) is 22.0. The van der Waals surface area contributed by atoms with Crippen LogP contribution in [0.4, 0.5) is 24.0 Å². The summed E-state index contributed by atoms with van der Waals surface area (Å²) in [6, 6.07) is 10.2. The number of hydrogen-bond acceptors (Lipinski definition) is 6. The van der Waals surface area contributed by atoms with Crippen LogP contribution in [0.1, 0.15) is 23.2 Å². The molecule has 0 unspecified atom stereocenters. The lowest BCUT2D eigenvalue weighted by atomic mass is 10.2. The molecule has 1 amide bonds. The Labute approximate surface area is 189 Å². The number of nitrogens with zero attached hydrogens (tertiary/aromatic N) is 3. The molecule has 2 aromatic carbocycles. The number of alkyl halides is 3. The van der Waals surface area contributed by atoms with Crippen LogP contribution in [0.15, 0.2) is 47.8 Å². The lowest BCUT2D eigenvalue weighted by Crippen LogP contribution is -2.23. The van der Waals surface area contributed by atoms with Crippen molar-refractivity contribution in [2.75, 3.05) is 12.0 Å². The molecule has 0 fully saturated rings. The van der Waals surface area contributed by atoms with Crippen molar-refractivity contribution in [3.63, 3.8) is 0 Å². The predicted octanol–water partition coefficient (Wildman–Crippen LogP) is 6.64. The van der Waals surface area contributed by atoms with Crippen LogP contribution in [-0.2, 0) is 11.0 Å². The Bertz CT molecular complexity index is 1310. The number of halogens is 3. The Morgan fingerprint density at radius 1 is 1.12 bits per heavy atom. The van der Waals surface area contributed by atoms with E-state index in [1.807, 2.05) is 18.2 Å². The van der Waals surface area contributed by atoms with Crippen LogP contribution in [0, 0.1) is 0 Å². The number of anilines is 2. The van der Waals surface area contributed by atoms with E-state index in [1.165, 1.54) is 46.6 Å². The second-order valence-corrected chi connectivity index (χ2v) is 8.58. The molecule has 0 spiro atoms. The van der Waals surface area contributed by atoms with Gasteiger partial charge in [-0.05, 0) is 48.6 Å². The molecule has 0 aliphatic carbocycles. The zero-order chi connectivity index (χ0) is 22.9. The summed E-state index contributed by atoms with van der Waals surface area (Å²) in [4.78, 5) is 22.3. The van der Waals surface area contributed by atoms with E-state index in [9.17, 15) is 18.0 Å². The van der Waals surface area contributed by atoms with Gasteiger partial charge in [0, 0.05) is 12.3 Å². The molecule has 4 rings (SSSR count). The van der Waals surface area contributed by atoms with Crippen LogP contribution in [-0.4, -0.2) is 23.0 Å². The van der Waals surface area contributed by atoms with Gasteiger partial charge in [-0.3, -0.25) is 9.69 Å². The molecule has 0 N–H and O–H groups in total. The molecular weight excluding hydrogens is 459 g/mol. The number of carbonyl (C=O) groups excluding carboxylic acids is 1. The van der Waals surface area contributed by atoms with Crippen LogP contribution >= 0.6 is 22.7 Å². The Morgan fingerprint density at radius 2 is 1.94 bits per heavy atom. The number of benzene rings is 2. The summed E-state index contributed by atoms with van der Waals surface area (Å²) < 4.78 is 45.5. The normalized spacial score (nSPS) is 11.9. The lowest BCUT2D eigenvalue weighted by molar-refractivity contribution is -0.137. The van der Waals surface area contributed by atoms with Gasteiger partial charge in [0.15, 0.2) is 5.13 Å². The quantitative estimate of drug-likeness (QED) is 0.325. The molecule has 32 heavy (non-hydrogen) atoms. The molecule has 2 aromatic heterocycles. The summed E-state index contributed by atoms with van der Waals surface area (Å²) in [7, 11) is 1.60. The molecule has 5 nitrogen and oxygen atoms in total. The lowest BCUT2D eigenvalue weighted by Gasteiger charge is -2.19. The molecule has 0 saturated carbocycles. The first-order chi connectivity index (χ1) is 15.2. The summed E-state index contributed by atoms with van der Waals surface area (Å²) in [6.45, 7) is 1.28. The maximum absolute atomic E-state index is 13.1. The van der Waals surface area contributed by atoms with E-state index in [2.05, 4.69) is 9.97 Å². The predicted molar refractivity (Wildman–Crippen MR) is 121 cm³/mol. The van der Waals surface area contributed by atoms with Gasteiger partial charge in [0.2, 0.25) is 5.91 Å². The first-order valence-corrected chi connectivity index (χ1v) is 11.0. The van der Waals surface area contributed by atoms with E-state index in [4.69, 9.17) is 4.74 Å². The highest BCUT2D eigenvalue weighted by molar-refractivity contribution is 7.19. The van der Waals surface area contributed by atoms with Crippen molar-refractivity contribution >= 4 is 61.8 Å². The SMILES string of the molecule is COc1ccc2nc(/C=C/c3csc(N(C(C)=O)c4cccc(C(F)(F)F)c4)n3)sc2c1. The highest BCUT2D eigenvalue weighted by atomic mass is 32.1. The summed E-state index contributed by atoms with van der Waals surface area (Å²) in [5, 5.41) is 2.78. The topological polar surface area (TPSA) is 55.3 Å². The van der Waals surface area contributed by atoms with Gasteiger partial charge in [-0.15, -0.1) is 22.7 Å². The van der Waals surface area contributed by atoms with Gasteiger partial charge < -0.3 is 4.74 Å². The number of fused-ring (bicyclic) bond motifs is 1. The minimum atomic E-state index is -4.50. The van der Waals surface area contributed by atoms with Crippen molar-refractivity contribution in [1.29, 1.82) is 0 Å². The largest absolute Gasteiger partial charge is 0.497 e.